The smallest absolute Gasteiger partial charge is 0.263 e. The van der Waals surface area contributed by atoms with Gasteiger partial charge < -0.3 is 9.64 Å². The van der Waals surface area contributed by atoms with Crippen molar-refractivity contribution in [1.82, 2.24) is 24.6 Å². The molecular weight excluding hydrogens is 380 g/mol. The van der Waals surface area contributed by atoms with Crippen LogP contribution in [0.1, 0.15) is 31.4 Å². The molecule has 2 aromatic heterocycles. The van der Waals surface area contributed by atoms with Crippen molar-refractivity contribution in [2.45, 2.75) is 31.8 Å². The number of benzene rings is 1. The Balaban J connectivity index is 1.49. The van der Waals surface area contributed by atoms with Gasteiger partial charge in [-0.15, -0.1) is 0 Å². The molecule has 0 unspecified atom stereocenters. The lowest BCUT2D eigenvalue weighted by atomic mass is 9.94. The zero-order valence-electron chi connectivity index (χ0n) is 16.2. The van der Waals surface area contributed by atoms with Crippen LogP contribution in [0.25, 0.3) is 11.2 Å². The summed E-state index contributed by atoms with van der Waals surface area (Å²) in [6, 6.07) is 3.02. The molecule has 3 heterocycles. The number of amides is 1. The molecule has 0 N–H and O–H groups in total. The molecule has 1 aromatic carbocycles. The van der Waals surface area contributed by atoms with E-state index < -0.39 is 17.7 Å². The minimum atomic E-state index is -0.894. The Hall–Kier alpha value is -3.10. The number of likely N-dealkylation sites (tertiary alicyclic amines) is 1. The number of carbonyl (C=O) groups excluding carboxylic acids is 1. The molecule has 4 rings (SSSR count). The number of nitrogens with zero attached hydrogens (tertiary/aromatic N) is 5. The van der Waals surface area contributed by atoms with Crippen LogP contribution >= 0.6 is 0 Å². The highest BCUT2D eigenvalue weighted by molar-refractivity contribution is 5.81. The molecule has 7 nitrogen and oxygen atoms in total. The van der Waals surface area contributed by atoms with Crippen LogP contribution in [0.3, 0.4) is 0 Å². The largest absolute Gasteiger partial charge is 0.478 e. The third-order valence-electron chi connectivity index (χ3n) is 5.15. The number of carbonyl (C=O) groups is 1. The minimum absolute atomic E-state index is 0.0304. The molecule has 152 valence electrons. The van der Waals surface area contributed by atoms with E-state index in [1.54, 1.807) is 28.9 Å². The van der Waals surface area contributed by atoms with E-state index in [0.717, 1.165) is 36.2 Å². The number of hydrogen-bond donors (Lipinski definition) is 0. The molecule has 1 fully saturated rings. The molecular formula is C20H21F2N5O2. The first-order valence-corrected chi connectivity index (χ1v) is 9.48. The highest BCUT2D eigenvalue weighted by Gasteiger charge is 2.31. The number of aromatic nitrogens is 4. The van der Waals surface area contributed by atoms with Crippen LogP contribution in [0.4, 0.5) is 8.78 Å². The molecule has 0 spiro atoms. The Labute approximate surface area is 166 Å². The van der Waals surface area contributed by atoms with Crippen molar-refractivity contribution >= 4 is 17.1 Å². The summed E-state index contributed by atoms with van der Waals surface area (Å²) in [7, 11) is 1.82. The van der Waals surface area contributed by atoms with Gasteiger partial charge in [-0.1, -0.05) is 0 Å². The van der Waals surface area contributed by atoms with E-state index in [0.29, 0.717) is 18.7 Å². The van der Waals surface area contributed by atoms with E-state index in [1.807, 2.05) is 7.05 Å². The fourth-order valence-corrected chi connectivity index (χ4v) is 3.75. The third kappa shape index (κ3) is 3.76. The molecule has 0 saturated carbocycles. The van der Waals surface area contributed by atoms with Gasteiger partial charge in [0.25, 0.3) is 5.91 Å². The predicted molar refractivity (Wildman–Crippen MR) is 101 cm³/mol. The number of ether oxygens (including phenoxy) is 1. The van der Waals surface area contributed by atoms with Crippen LogP contribution in [0.15, 0.2) is 30.6 Å². The maximum Gasteiger partial charge on any atom is 0.263 e. The Kier molecular flexibility index (Phi) is 5.12. The SMILES string of the molecule is C[C@@H](Oc1ccc(F)cc1F)C(=O)N1CCC[C@@H](c2nn(C)c3nccnc23)C1. The number of halogens is 2. The second kappa shape index (κ2) is 7.73. The van der Waals surface area contributed by atoms with Crippen LogP contribution in [0.2, 0.25) is 0 Å². The van der Waals surface area contributed by atoms with Gasteiger partial charge in [0.2, 0.25) is 0 Å². The quantitative estimate of drug-likeness (QED) is 0.672. The second-order valence-electron chi connectivity index (χ2n) is 7.20. The summed E-state index contributed by atoms with van der Waals surface area (Å²) in [5, 5.41) is 4.58. The fraction of sp³-hybridized carbons (Fsp3) is 0.400. The van der Waals surface area contributed by atoms with Gasteiger partial charge in [-0.05, 0) is 31.9 Å². The average molecular weight is 401 g/mol. The Morgan fingerprint density at radius 1 is 1.28 bits per heavy atom. The van der Waals surface area contributed by atoms with Gasteiger partial charge >= 0.3 is 0 Å². The zero-order chi connectivity index (χ0) is 20.5. The van der Waals surface area contributed by atoms with E-state index in [1.165, 1.54) is 6.07 Å². The van der Waals surface area contributed by atoms with Crippen molar-refractivity contribution in [3.05, 3.63) is 47.9 Å². The summed E-state index contributed by atoms with van der Waals surface area (Å²) in [5.41, 5.74) is 2.27. The Morgan fingerprint density at radius 2 is 2.07 bits per heavy atom. The molecule has 29 heavy (non-hydrogen) atoms. The van der Waals surface area contributed by atoms with Gasteiger partial charge in [-0.2, -0.15) is 5.10 Å². The molecule has 1 saturated heterocycles. The van der Waals surface area contributed by atoms with Gasteiger partial charge in [0.05, 0.1) is 5.69 Å². The molecule has 0 radical (unpaired) electrons. The first-order chi connectivity index (χ1) is 13.9. The molecule has 1 aliphatic heterocycles. The summed E-state index contributed by atoms with van der Waals surface area (Å²) in [4.78, 5) is 23.3. The monoisotopic (exact) mass is 401 g/mol. The fourth-order valence-electron chi connectivity index (χ4n) is 3.75. The summed E-state index contributed by atoms with van der Waals surface area (Å²) in [5.74, 6) is -1.89. The lowest BCUT2D eigenvalue weighted by Gasteiger charge is -2.33. The summed E-state index contributed by atoms with van der Waals surface area (Å²) >= 11 is 0. The first kappa shape index (κ1) is 19.2. The molecule has 0 bridgehead atoms. The molecule has 0 aliphatic carbocycles. The number of piperidine rings is 1. The average Bonchev–Trinajstić information content (AvgIpc) is 3.06. The van der Waals surface area contributed by atoms with Crippen molar-refractivity contribution < 1.29 is 18.3 Å². The van der Waals surface area contributed by atoms with Gasteiger partial charge in [0.15, 0.2) is 23.3 Å². The molecule has 3 aromatic rings. The lowest BCUT2D eigenvalue weighted by molar-refractivity contribution is -0.139. The van der Waals surface area contributed by atoms with Crippen molar-refractivity contribution in [1.29, 1.82) is 0 Å². The van der Waals surface area contributed by atoms with Gasteiger partial charge in [-0.3, -0.25) is 4.79 Å². The van der Waals surface area contributed by atoms with Gasteiger partial charge in [-0.25, -0.2) is 23.4 Å². The van der Waals surface area contributed by atoms with Crippen LogP contribution in [0.5, 0.6) is 5.75 Å². The minimum Gasteiger partial charge on any atom is -0.478 e. The summed E-state index contributed by atoms with van der Waals surface area (Å²) < 4.78 is 34.1. The van der Waals surface area contributed by atoms with Gasteiger partial charge in [0.1, 0.15) is 11.3 Å². The van der Waals surface area contributed by atoms with E-state index in [2.05, 4.69) is 15.1 Å². The Morgan fingerprint density at radius 3 is 2.86 bits per heavy atom. The first-order valence-electron chi connectivity index (χ1n) is 9.48. The van der Waals surface area contributed by atoms with Crippen molar-refractivity contribution in [2.24, 2.45) is 7.05 Å². The highest BCUT2D eigenvalue weighted by atomic mass is 19.1. The van der Waals surface area contributed by atoms with Gasteiger partial charge in [0, 0.05) is 44.5 Å². The maximum absolute atomic E-state index is 13.8. The second-order valence-corrected chi connectivity index (χ2v) is 7.20. The van der Waals surface area contributed by atoms with Crippen LogP contribution in [-0.4, -0.2) is 49.7 Å². The normalized spacial score (nSPS) is 18.1. The van der Waals surface area contributed by atoms with E-state index in [9.17, 15) is 13.6 Å². The summed E-state index contributed by atoms with van der Waals surface area (Å²) in [6.07, 6.45) is 4.06. The topological polar surface area (TPSA) is 73.1 Å². The number of rotatable bonds is 4. The van der Waals surface area contributed by atoms with Crippen LogP contribution in [-0.2, 0) is 11.8 Å². The van der Waals surface area contributed by atoms with Crippen molar-refractivity contribution in [2.75, 3.05) is 13.1 Å². The molecule has 1 aliphatic rings. The van der Waals surface area contributed by atoms with Crippen molar-refractivity contribution in [3.8, 4) is 5.75 Å². The number of hydrogen-bond acceptors (Lipinski definition) is 5. The van der Waals surface area contributed by atoms with Crippen LogP contribution < -0.4 is 4.74 Å². The molecule has 1 amide bonds. The lowest BCUT2D eigenvalue weighted by Crippen LogP contribution is -2.45. The molecule has 2 atom stereocenters. The van der Waals surface area contributed by atoms with Crippen LogP contribution in [0, 0.1) is 11.6 Å². The van der Waals surface area contributed by atoms with E-state index in [-0.39, 0.29) is 17.6 Å². The standard InChI is InChI=1S/C20H21F2N5O2/c1-12(29-16-6-5-14(21)10-15(16)22)20(28)27-9-3-4-13(11-27)17-18-19(26(2)25-17)24-8-7-23-18/h5-8,10,12-13H,3-4,9,11H2,1-2H3/t12-,13-/m1/s1. The Bertz CT molecular complexity index is 1050. The number of aryl methyl sites for hydroxylation is 1. The molecule has 9 heteroatoms. The zero-order valence-corrected chi connectivity index (χ0v) is 16.2. The maximum atomic E-state index is 13.8. The van der Waals surface area contributed by atoms with E-state index >= 15 is 0 Å². The van der Waals surface area contributed by atoms with Crippen molar-refractivity contribution in [3.63, 3.8) is 0 Å². The van der Waals surface area contributed by atoms with E-state index in [4.69, 9.17) is 4.74 Å². The third-order valence-corrected chi connectivity index (χ3v) is 5.15. The highest BCUT2D eigenvalue weighted by Crippen LogP contribution is 2.30. The predicted octanol–water partition coefficient (Wildman–Crippen LogP) is 2.82. The summed E-state index contributed by atoms with van der Waals surface area (Å²) in [6.45, 7) is 2.63. The number of fused-ring (bicyclic) bond motifs is 1.